The van der Waals surface area contributed by atoms with Gasteiger partial charge in [0.15, 0.2) is 0 Å². The first-order valence-corrected chi connectivity index (χ1v) is 9.16. The van der Waals surface area contributed by atoms with Crippen molar-refractivity contribution >= 4 is 39.0 Å². The number of aryl methyl sites for hydroxylation is 1. The van der Waals surface area contributed by atoms with Crippen LogP contribution in [0.3, 0.4) is 0 Å². The first-order valence-electron chi connectivity index (χ1n) is 6.39. The fourth-order valence-corrected chi connectivity index (χ4v) is 5.27. The lowest BCUT2D eigenvalue weighted by Crippen LogP contribution is -1.98. The van der Waals surface area contributed by atoms with E-state index in [1.807, 2.05) is 30.0 Å². The highest BCUT2D eigenvalue weighted by molar-refractivity contribution is 9.10. The molecule has 2 aromatic rings. The maximum atomic E-state index is 10.6. The molecule has 2 nitrogen and oxygen atoms in total. The van der Waals surface area contributed by atoms with Gasteiger partial charge in [-0.15, -0.1) is 11.3 Å². The van der Waals surface area contributed by atoms with Crippen molar-refractivity contribution in [1.82, 2.24) is 0 Å². The average molecular weight is 371 g/mol. The summed E-state index contributed by atoms with van der Waals surface area (Å²) in [6.07, 6.45) is 0.553. The number of benzene rings is 1. The number of rotatable bonds is 3. The maximum absolute atomic E-state index is 10.6. The lowest BCUT2D eigenvalue weighted by Gasteiger charge is -2.12. The summed E-state index contributed by atoms with van der Waals surface area (Å²) < 4.78 is 6.07. The second kappa shape index (κ2) is 6.10. The molecule has 5 heteroatoms. The second-order valence-electron chi connectivity index (χ2n) is 4.69. The Balaban J connectivity index is 1.92. The lowest BCUT2D eigenvalue weighted by molar-refractivity contribution is 0.223. The number of fused-ring (bicyclic) bond motifs is 1. The van der Waals surface area contributed by atoms with Crippen molar-refractivity contribution in [2.75, 3.05) is 12.9 Å². The number of aliphatic hydroxyl groups is 1. The third kappa shape index (κ3) is 2.77. The minimum Gasteiger partial charge on any atom is -0.497 e. The van der Waals surface area contributed by atoms with E-state index in [0.717, 1.165) is 32.8 Å². The summed E-state index contributed by atoms with van der Waals surface area (Å²) >= 11 is 7.23. The highest BCUT2D eigenvalue weighted by atomic mass is 79.9. The zero-order valence-corrected chi connectivity index (χ0v) is 14.3. The summed E-state index contributed by atoms with van der Waals surface area (Å²) in [6, 6.07) is 7.85. The Hall–Kier alpha value is -0.490. The van der Waals surface area contributed by atoms with E-state index in [-0.39, 0.29) is 0 Å². The van der Waals surface area contributed by atoms with Gasteiger partial charge in [0.2, 0.25) is 0 Å². The van der Waals surface area contributed by atoms with Gasteiger partial charge in [-0.3, -0.25) is 0 Å². The Morgan fingerprint density at radius 3 is 2.90 bits per heavy atom. The Bertz CT molecular complexity index is 601. The van der Waals surface area contributed by atoms with Crippen LogP contribution in [-0.4, -0.2) is 18.0 Å². The van der Waals surface area contributed by atoms with Crippen LogP contribution >= 0.6 is 39.0 Å². The minimum atomic E-state index is -0.573. The highest BCUT2D eigenvalue weighted by Gasteiger charge is 2.20. The van der Waals surface area contributed by atoms with Crippen LogP contribution in [0, 0.1) is 0 Å². The van der Waals surface area contributed by atoms with Crippen LogP contribution in [0.5, 0.6) is 5.75 Å². The fraction of sp³-hybridized carbons (Fsp3) is 0.333. The predicted molar refractivity (Wildman–Crippen MR) is 88.9 cm³/mol. The molecule has 0 radical (unpaired) electrons. The third-order valence-electron chi connectivity index (χ3n) is 3.42. The van der Waals surface area contributed by atoms with Crippen LogP contribution < -0.4 is 4.74 Å². The van der Waals surface area contributed by atoms with E-state index in [1.54, 1.807) is 18.4 Å². The van der Waals surface area contributed by atoms with Gasteiger partial charge >= 0.3 is 0 Å². The Morgan fingerprint density at radius 1 is 1.35 bits per heavy atom. The SMILES string of the molecule is COc1ccc(C(O)c2cc3c(s2)CCSC3)c(Br)c1. The van der Waals surface area contributed by atoms with Gasteiger partial charge in [0, 0.05) is 25.5 Å². The molecular weight excluding hydrogens is 356 g/mol. The monoisotopic (exact) mass is 370 g/mol. The van der Waals surface area contributed by atoms with Crippen LogP contribution in [0.2, 0.25) is 0 Å². The van der Waals surface area contributed by atoms with Gasteiger partial charge in [0.25, 0.3) is 0 Å². The largest absolute Gasteiger partial charge is 0.497 e. The van der Waals surface area contributed by atoms with Crippen molar-refractivity contribution in [3.8, 4) is 5.75 Å². The molecule has 1 aliphatic heterocycles. The minimum absolute atomic E-state index is 0.573. The lowest BCUT2D eigenvalue weighted by atomic mass is 10.1. The molecule has 0 bridgehead atoms. The molecule has 0 amide bonds. The van der Waals surface area contributed by atoms with E-state index >= 15 is 0 Å². The molecule has 2 heterocycles. The molecule has 3 rings (SSSR count). The number of hydrogen-bond donors (Lipinski definition) is 1. The summed E-state index contributed by atoms with van der Waals surface area (Å²) in [6.45, 7) is 0. The van der Waals surface area contributed by atoms with Gasteiger partial charge in [-0.05, 0) is 35.9 Å². The summed E-state index contributed by atoms with van der Waals surface area (Å²) in [7, 11) is 1.64. The van der Waals surface area contributed by atoms with Crippen molar-refractivity contribution < 1.29 is 9.84 Å². The maximum Gasteiger partial charge on any atom is 0.120 e. The molecular formula is C15H15BrO2S2. The van der Waals surface area contributed by atoms with Crippen molar-refractivity contribution in [3.05, 3.63) is 49.6 Å². The quantitative estimate of drug-likeness (QED) is 0.868. The van der Waals surface area contributed by atoms with Crippen molar-refractivity contribution in [2.24, 2.45) is 0 Å². The first-order chi connectivity index (χ1) is 9.69. The van der Waals surface area contributed by atoms with Gasteiger partial charge < -0.3 is 9.84 Å². The van der Waals surface area contributed by atoms with Gasteiger partial charge in [0.1, 0.15) is 11.9 Å². The molecule has 0 saturated carbocycles. The molecule has 1 aromatic heterocycles. The normalized spacial score (nSPS) is 15.8. The third-order valence-corrected chi connectivity index (χ3v) is 6.40. The van der Waals surface area contributed by atoms with Gasteiger partial charge in [-0.2, -0.15) is 11.8 Å². The van der Waals surface area contributed by atoms with E-state index in [0.29, 0.717) is 0 Å². The predicted octanol–water partition coefficient (Wildman–Crippen LogP) is 4.39. The topological polar surface area (TPSA) is 29.5 Å². The second-order valence-corrected chi connectivity index (χ2v) is 7.82. The zero-order chi connectivity index (χ0) is 14.1. The van der Waals surface area contributed by atoms with Crippen molar-refractivity contribution in [2.45, 2.75) is 18.3 Å². The number of halogens is 1. The van der Waals surface area contributed by atoms with E-state index < -0.39 is 6.10 Å². The van der Waals surface area contributed by atoms with Gasteiger partial charge in [0.05, 0.1) is 7.11 Å². The molecule has 106 valence electrons. The van der Waals surface area contributed by atoms with Crippen LogP contribution in [0.1, 0.15) is 27.0 Å². The number of methoxy groups -OCH3 is 1. The zero-order valence-electron chi connectivity index (χ0n) is 11.1. The van der Waals surface area contributed by atoms with Gasteiger partial charge in [-0.1, -0.05) is 22.0 Å². The number of ether oxygens (including phenoxy) is 1. The van der Waals surface area contributed by atoms with E-state index in [2.05, 4.69) is 22.0 Å². The molecule has 1 aromatic carbocycles. The van der Waals surface area contributed by atoms with Crippen molar-refractivity contribution in [3.63, 3.8) is 0 Å². The van der Waals surface area contributed by atoms with Crippen LogP contribution in [0.25, 0.3) is 0 Å². The molecule has 1 atom stereocenters. The molecule has 0 saturated heterocycles. The smallest absolute Gasteiger partial charge is 0.120 e. The molecule has 0 spiro atoms. The summed E-state index contributed by atoms with van der Waals surface area (Å²) in [5, 5.41) is 10.6. The van der Waals surface area contributed by atoms with E-state index in [4.69, 9.17) is 4.74 Å². The highest BCUT2D eigenvalue weighted by Crippen LogP contribution is 2.38. The number of hydrogen-bond acceptors (Lipinski definition) is 4. The summed E-state index contributed by atoms with van der Waals surface area (Å²) in [5.74, 6) is 3.05. The summed E-state index contributed by atoms with van der Waals surface area (Å²) in [5.41, 5.74) is 2.28. The number of aliphatic hydroxyl groups excluding tert-OH is 1. The Kier molecular flexibility index (Phi) is 4.40. The fourth-order valence-electron chi connectivity index (χ4n) is 2.31. The van der Waals surface area contributed by atoms with Crippen molar-refractivity contribution in [1.29, 1.82) is 0 Å². The standard InChI is InChI=1S/C15H15BrO2S2/c1-18-10-2-3-11(12(16)7-10)15(17)14-6-9-8-19-5-4-13(9)20-14/h2-3,6-7,15,17H,4-5,8H2,1H3. The summed E-state index contributed by atoms with van der Waals surface area (Å²) in [4.78, 5) is 2.46. The number of thiophene rings is 1. The van der Waals surface area contributed by atoms with Gasteiger partial charge in [-0.25, -0.2) is 0 Å². The van der Waals surface area contributed by atoms with E-state index in [9.17, 15) is 5.11 Å². The molecule has 1 N–H and O–H groups in total. The molecule has 1 unspecified atom stereocenters. The van der Waals surface area contributed by atoms with Crippen LogP contribution in [0.15, 0.2) is 28.7 Å². The van der Waals surface area contributed by atoms with E-state index in [1.165, 1.54) is 16.2 Å². The Morgan fingerprint density at radius 2 is 2.20 bits per heavy atom. The van der Waals surface area contributed by atoms with Crippen LogP contribution in [-0.2, 0) is 12.2 Å². The molecule has 1 aliphatic rings. The molecule has 0 fully saturated rings. The number of thioether (sulfide) groups is 1. The van der Waals surface area contributed by atoms with Crippen LogP contribution in [0.4, 0.5) is 0 Å². The Labute approximate surface area is 135 Å². The first kappa shape index (κ1) is 14.4. The average Bonchev–Trinajstić information content (AvgIpc) is 2.90. The molecule has 0 aliphatic carbocycles. The molecule has 20 heavy (non-hydrogen) atoms.